The third kappa shape index (κ3) is 4.14. The molecule has 0 radical (unpaired) electrons. The van der Waals surface area contributed by atoms with Crippen LogP contribution in [0.3, 0.4) is 0 Å². The molecule has 5 heteroatoms. The van der Waals surface area contributed by atoms with E-state index in [0.717, 1.165) is 12.8 Å². The highest BCUT2D eigenvalue weighted by Crippen LogP contribution is 2.26. The molecule has 18 heavy (non-hydrogen) atoms. The maximum atomic E-state index is 12.0. The molecule has 1 saturated heterocycles. The van der Waals surface area contributed by atoms with Crippen molar-refractivity contribution in [2.45, 2.75) is 51.7 Å². The van der Waals surface area contributed by atoms with Crippen LogP contribution in [0.2, 0.25) is 0 Å². The molecule has 1 aliphatic heterocycles. The molecule has 0 spiro atoms. The van der Waals surface area contributed by atoms with Crippen LogP contribution in [0.15, 0.2) is 0 Å². The minimum Gasteiger partial charge on any atom is -0.444 e. The monoisotopic (exact) mass is 259 g/mol. The Balaban J connectivity index is 2.65. The minimum absolute atomic E-state index is 0.0693. The van der Waals surface area contributed by atoms with Gasteiger partial charge in [0.25, 0.3) is 0 Å². The topological polar surface area (TPSA) is 59.0 Å². The highest BCUT2D eigenvalue weighted by molar-refractivity contribution is 5.68. The van der Waals surface area contributed by atoms with Crippen LogP contribution in [0.1, 0.15) is 40.5 Å². The van der Waals surface area contributed by atoms with E-state index < -0.39 is 11.2 Å². The van der Waals surface area contributed by atoms with Crippen molar-refractivity contribution < 1.29 is 19.4 Å². The summed E-state index contributed by atoms with van der Waals surface area (Å²) < 4.78 is 11.0. The number of likely N-dealkylation sites (tertiary alicyclic amines) is 1. The lowest BCUT2D eigenvalue weighted by molar-refractivity contribution is -0.112. The summed E-state index contributed by atoms with van der Waals surface area (Å²) in [5.41, 5.74) is -1.12. The Morgan fingerprint density at radius 2 is 2.11 bits per heavy atom. The molecule has 1 amide bonds. The fourth-order valence-electron chi connectivity index (χ4n) is 2.18. The largest absolute Gasteiger partial charge is 0.444 e. The van der Waals surface area contributed by atoms with Crippen molar-refractivity contribution in [2.75, 3.05) is 26.3 Å². The third-order valence-electron chi connectivity index (χ3n) is 2.93. The van der Waals surface area contributed by atoms with Gasteiger partial charge in [-0.15, -0.1) is 0 Å². The van der Waals surface area contributed by atoms with Crippen LogP contribution in [0.25, 0.3) is 0 Å². The number of hydrogen-bond acceptors (Lipinski definition) is 4. The zero-order chi connectivity index (χ0) is 13.8. The molecular weight excluding hydrogens is 234 g/mol. The molecule has 1 aliphatic rings. The van der Waals surface area contributed by atoms with Crippen molar-refractivity contribution >= 4 is 6.09 Å². The van der Waals surface area contributed by atoms with Gasteiger partial charge in [0.2, 0.25) is 0 Å². The molecule has 1 N–H and O–H groups in total. The molecule has 1 rings (SSSR count). The van der Waals surface area contributed by atoms with Gasteiger partial charge in [-0.25, -0.2) is 4.79 Å². The molecule has 0 aliphatic carbocycles. The second-order valence-corrected chi connectivity index (χ2v) is 5.78. The molecule has 106 valence electrons. The average molecular weight is 259 g/mol. The lowest BCUT2D eigenvalue weighted by atomic mass is 9.93. The van der Waals surface area contributed by atoms with E-state index in [-0.39, 0.29) is 12.7 Å². The first kappa shape index (κ1) is 15.2. The van der Waals surface area contributed by atoms with Crippen LogP contribution in [0.4, 0.5) is 4.79 Å². The van der Waals surface area contributed by atoms with Crippen molar-refractivity contribution in [2.24, 2.45) is 0 Å². The molecule has 0 bridgehead atoms. The van der Waals surface area contributed by atoms with Gasteiger partial charge in [0.05, 0.1) is 13.2 Å². The number of ether oxygens (including phenoxy) is 2. The summed E-state index contributed by atoms with van der Waals surface area (Å²) in [5.74, 6) is 0. The van der Waals surface area contributed by atoms with Crippen molar-refractivity contribution in [3.8, 4) is 0 Å². The van der Waals surface area contributed by atoms with E-state index in [1.54, 1.807) is 4.90 Å². The molecule has 5 nitrogen and oxygen atoms in total. The Bertz CT molecular complexity index is 283. The molecule has 0 saturated carbocycles. The van der Waals surface area contributed by atoms with Crippen LogP contribution >= 0.6 is 0 Å². The van der Waals surface area contributed by atoms with Crippen LogP contribution in [-0.2, 0) is 9.47 Å². The Morgan fingerprint density at radius 1 is 1.44 bits per heavy atom. The summed E-state index contributed by atoms with van der Waals surface area (Å²) in [6, 6.07) is 0. The molecule has 0 aromatic heterocycles. The van der Waals surface area contributed by atoms with Gasteiger partial charge in [-0.3, -0.25) is 0 Å². The Kier molecular flexibility index (Phi) is 4.99. The summed E-state index contributed by atoms with van der Waals surface area (Å²) in [6.07, 6.45) is 1.26. The predicted molar refractivity (Wildman–Crippen MR) is 68.5 cm³/mol. The fourth-order valence-corrected chi connectivity index (χ4v) is 2.18. The maximum Gasteiger partial charge on any atom is 0.410 e. The zero-order valence-electron chi connectivity index (χ0n) is 11.9. The summed E-state index contributed by atoms with van der Waals surface area (Å²) in [5, 5.41) is 9.50. The molecular formula is C13H25NO4. The number of aliphatic hydroxyl groups excluding tert-OH is 1. The van der Waals surface area contributed by atoms with Gasteiger partial charge in [0.1, 0.15) is 11.2 Å². The summed E-state index contributed by atoms with van der Waals surface area (Å²) in [6.45, 7) is 8.94. The Morgan fingerprint density at radius 3 is 2.61 bits per heavy atom. The van der Waals surface area contributed by atoms with E-state index in [4.69, 9.17) is 9.47 Å². The second kappa shape index (κ2) is 5.89. The lowest BCUT2D eigenvalue weighted by Gasteiger charge is -2.41. The van der Waals surface area contributed by atoms with Crippen LogP contribution < -0.4 is 0 Å². The van der Waals surface area contributed by atoms with Crippen LogP contribution in [0.5, 0.6) is 0 Å². The van der Waals surface area contributed by atoms with Crippen molar-refractivity contribution in [1.29, 1.82) is 0 Å². The first-order valence-electron chi connectivity index (χ1n) is 6.55. The first-order valence-corrected chi connectivity index (χ1v) is 6.55. The molecule has 0 aromatic carbocycles. The molecule has 1 unspecified atom stereocenters. The van der Waals surface area contributed by atoms with Gasteiger partial charge in [-0.2, -0.15) is 0 Å². The van der Waals surface area contributed by atoms with Gasteiger partial charge < -0.3 is 19.5 Å². The number of aliphatic hydroxyl groups is 1. The highest BCUT2D eigenvalue weighted by Gasteiger charge is 2.38. The van der Waals surface area contributed by atoms with Gasteiger partial charge in [0.15, 0.2) is 0 Å². The van der Waals surface area contributed by atoms with Crippen LogP contribution in [-0.4, -0.2) is 53.6 Å². The third-order valence-corrected chi connectivity index (χ3v) is 2.93. The van der Waals surface area contributed by atoms with Crippen LogP contribution in [0, 0.1) is 0 Å². The van der Waals surface area contributed by atoms with Crippen molar-refractivity contribution in [3.63, 3.8) is 0 Å². The number of hydrogen-bond donors (Lipinski definition) is 1. The van der Waals surface area contributed by atoms with Crippen molar-refractivity contribution in [1.82, 2.24) is 4.90 Å². The lowest BCUT2D eigenvalue weighted by Crippen LogP contribution is -2.54. The van der Waals surface area contributed by atoms with E-state index in [2.05, 4.69) is 0 Å². The number of carbonyl (C=O) groups is 1. The van der Waals surface area contributed by atoms with Gasteiger partial charge in [-0.1, -0.05) is 0 Å². The summed E-state index contributed by atoms with van der Waals surface area (Å²) >= 11 is 0. The molecule has 1 atom stereocenters. The molecule has 1 fully saturated rings. The summed E-state index contributed by atoms with van der Waals surface area (Å²) in [4.78, 5) is 13.6. The SMILES string of the molecule is CCOC1(CO)CCCN(C(=O)OC(C)(C)C)C1. The van der Waals surface area contributed by atoms with E-state index in [1.807, 2.05) is 27.7 Å². The van der Waals surface area contributed by atoms with E-state index >= 15 is 0 Å². The average Bonchev–Trinajstić information content (AvgIpc) is 2.27. The standard InChI is InChI=1S/C13H25NO4/c1-5-17-13(10-15)7-6-8-14(9-13)11(16)18-12(2,3)4/h15H,5-10H2,1-4H3. The molecule has 0 aromatic rings. The number of nitrogens with zero attached hydrogens (tertiary/aromatic N) is 1. The van der Waals surface area contributed by atoms with E-state index in [0.29, 0.717) is 19.7 Å². The zero-order valence-corrected chi connectivity index (χ0v) is 11.9. The van der Waals surface area contributed by atoms with Crippen molar-refractivity contribution in [3.05, 3.63) is 0 Å². The van der Waals surface area contributed by atoms with E-state index in [9.17, 15) is 9.90 Å². The number of piperidine rings is 1. The smallest absolute Gasteiger partial charge is 0.410 e. The fraction of sp³-hybridized carbons (Fsp3) is 0.923. The Hall–Kier alpha value is -0.810. The quantitative estimate of drug-likeness (QED) is 0.839. The van der Waals surface area contributed by atoms with Gasteiger partial charge in [0, 0.05) is 13.2 Å². The summed E-state index contributed by atoms with van der Waals surface area (Å²) in [7, 11) is 0. The van der Waals surface area contributed by atoms with Gasteiger partial charge >= 0.3 is 6.09 Å². The first-order chi connectivity index (χ1) is 8.32. The number of carbonyl (C=O) groups excluding carboxylic acids is 1. The minimum atomic E-state index is -0.621. The maximum absolute atomic E-state index is 12.0. The number of rotatable bonds is 3. The second-order valence-electron chi connectivity index (χ2n) is 5.78. The Labute approximate surface area is 109 Å². The van der Waals surface area contributed by atoms with Gasteiger partial charge in [-0.05, 0) is 40.5 Å². The highest BCUT2D eigenvalue weighted by atomic mass is 16.6. The molecule has 1 heterocycles. The van der Waals surface area contributed by atoms with E-state index in [1.165, 1.54) is 0 Å². The predicted octanol–water partition coefficient (Wildman–Crippen LogP) is 1.78. The number of amides is 1. The normalized spacial score (nSPS) is 25.1.